The summed E-state index contributed by atoms with van der Waals surface area (Å²) in [6, 6.07) is 62.7. The van der Waals surface area contributed by atoms with E-state index in [1.807, 2.05) is 36.4 Å². The molecule has 238 valence electrons. The minimum atomic E-state index is 0.805. The number of fused-ring (bicyclic) bond motifs is 12. The predicted octanol–water partition coefficient (Wildman–Crippen LogP) is 11.4. The van der Waals surface area contributed by atoms with Crippen LogP contribution in [0.25, 0.3) is 94.1 Å². The molecule has 5 nitrogen and oxygen atoms in total. The van der Waals surface area contributed by atoms with Gasteiger partial charge >= 0.3 is 0 Å². The molecule has 4 aromatic heterocycles. The Labute approximate surface area is 292 Å². The second-order valence-electron chi connectivity index (χ2n) is 13.1. The molecule has 11 rings (SSSR count). The highest BCUT2D eigenvalue weighted by atomic mass is 15.3. The standard InChI is InChI=1S/C46H29N5/c1-3-13-30(14-4-1)45-47-48-46(31-15-5-2-6-16-31)50(45)34-26-24-33(25-27-34)49-40-21-11-10-20-38(40)39-28-23-32-29-42-37-19-8-7-17-35(37)36-18-9-12-22-41(36)51(42)43(32)44(39)49/h1-29H. The lowest BCUT2D eigenvalue weighted by molar-refractivity contribution is 1.07. The molecule has 0 aliphatic rings. The van der Waals surface area contributed by atoms with Crippen LogP contribution in [-0.2, 0) is 0 Å². The Morgan fingerprint density at radius 1 is 0.333 bits per heavy atom. The van der Waals surface area contributed by atoms with Crippen molar-refractivity contribution in [1.82, 2.24) is 23.7 Å². The Morgan fingerprint density at radius 2 is 0.824 bits per heavy atom. The van der Waals surface area contributed by atoms with Gasteiger partial charge in [0.25, 0.3) is 0 Å². The lowest BCUT2D eigenvalue weighted by atomic mass is 10.1. The maximum Gasteiger partial charge on any atom is 0.168 e. The summed E-state index contributed by atoms with van der Waals surface area (Å²) in [5.41, 5.74) is 10.1. The fourth-order valence-corrected chi connectivity index (χ4v) is 8.12. The zero-order valence-electron chi connectivity index (χ0n) is 27.5. The summed E-state index contributed by atoms with van der Waals surface area (Å²) in [5, 5.41) is 16.9. The lowest BCUT2D eigenvalue weighted by Crippen LogP contribution is -2.02. The number of nitrogens with zero attached hydrogens (tertiary/aromatic N) is 5. The molecule has 0 atom stereocenters. The van der Waals surface area contributed by atoms with Crippen molar-refractivity contribution in [2.75, 3.05) is 0 Å². The van der Waals surface area contributed by atoms with E-state index < -0.39 is 0 Å². The normalized spacial score (nSPS) is 11.9. The van der Waals surface area contributed by atoms with Gasteiger partial charge in [-0.15, -0.1) is 10.2 Å². The molecule has 4 heterocycles. The van der Waals surface area contributed by atoms with Crippen molar-refractivity contribution in [1.29, 1.82) is 0 Å². The summed E-state index contributed by atoms with van der Waals surface area (Å²) >= 11 is 0. The first kappa shape index (κ1) is 27.9. The molecule has 0 saturated heterocycles. The Kier molecular flexibility index (Phi) is 5.89. The molecule has 0 spiro atoms. The lowest BCUT2D eigenvalue weighted by Gasteiger charge is -2.14. The molecule has 5 heteroatoms. The van der Waals surface area contributed by atoms with E-state index in [2.05, 4.69) is 153 Å². The number of rotatable bonds is 4. The maximum atomic E-state index is 4.70. The van der Waals surface area contributed by atoms with E-state index in [9.17, 15) is 0 Å². The second-order valence-corrected chi connectivity index (χ2v) is 13.1. The van der Waals surface area contributed by atoms with Crippen molar-refractivity contribution in [3.63, 3.8) is 0 Å². The van der Waals surface area contributed by atoms with Crippen molar-refractivity contribution < 1.29 is 0 Å². The molecule has 0 unspecified atom stereocenters. The van der Waals surface area contributed by atoms with Crippen LogP contribution in [0.15, 0.2) is 176 Å². The molecule has 51 heavy (non-hydrogen) atoms. The quantitative estimate of drug-likeness (QED) is 0.178. The molecule has 0 aliphatic heterocycles. The number of aromatic nitrogens is 5. The van der Waals surface area contributed by atoms with E-state index in [0.29, 0.717) is 0 Å². The van der Waals surface area contributed by atoms with Crippen LogP contribution in [0.2, 0.25) is 0 Å². The smallest absolute Gasteiger partial charge is 0.168 e. The van der Waals surface area contributed by atoms with Gasteiger partial charge in [-0.3, -0.25) is 4.57 Å². The van der Waals surface area contributed by atoms with E-state index in [-0.39, 0.29) is 0 Å². The molecular formula is C46H29N5. The summed E-state index contributed by atoms with van der Waals surface area (Å²) in [5.74, 6) is 1.61. The van der Waals surface area contributed by atoms with Crippen LogP contribution in [0.3, 0.4) is 0 Å². The van der Waals surface area contributed by atoms with E-state index in [1.54, 1.807) is 0 Å². The minimum absolute atomic E-state index is 0.805. The average molecular weight is 652 g/mol. The third-order valence-corrected chi connectivity index (χ3v) is 10.3. The van der Waals surface area contributed by atoms with E-state index in [4.69, 9.17) is 10.2 Å². The third-order valence-electron chi connectivity index (χ3n) is 10.3. The van der Waals surface area contributed by atoms with Crippen LogP contribution in [-0.4, -0.2) is 23.7 Å². The van der Waals surface area contributed by atoms with Crippen LogP contribution in [0.4, 0.5) is 0 Å². The Hall–Kier alpha value is -6.98. The largest absolute Gasteiger partial charge is 0.307 e. The minimum Gasteiger partial charge on any atom is -0.307 e. The number of para-hydroxylation sites is 2. The molecule has 0 saturated carbocycles. The molecule has 0 amide bonds. The van der Waals surface area contributed by atoms with Crippen LogP contribution < -0.4 is 0 Å². The van der Waals surface area contributed by atoms with Crippen LogP contribution in [0.1, 0.15) is 0 Å². The number of pyridine rings is 1. The van der Waals surface area contributed by atoms with Gasteiger partial charge in [-0.05, 0) is 47.9 Å². The first-order valence-corrected chi connectivity index (χ1v) is 17.3. The van der Waals surface area contributed by atoms with Crippen molar-refractivity contribution in [2.45, 2.75) is 0 Å². The van der Waals surface area contributed by atoms with Crippen molar-refractivity contribution >= 4 is 59.9 Å². The zero-order chi connectivity index (χ0) is 33.5. The van der Waals surface area contributed by atoms with Gasteiger partial charge < -0.3 is 8.97 Å². The highest BCUT2D eigenvalue weighted by Crippen LogP contribution is 2.41. The first-order valence-electron chi connectivity index (χ1n) is 17.3. The number of benzene rings is 7. The molecule has 0 N–H and O–H groups in total. The van der Waals surface area contributed by atoms with Crippen molar-refractivity contribution in [3.8, 4) is 34.2 Å². The fraction of sp³-hybridized carbons (Fsp3) is 0. The summed E-state index contributed by atoms with van der Waals surface area (Å²) < 4.78 is 7.08. The molecule has 0 aliphatic carbocycles. The average Bonchev–Trinajstić information content (AvgIpc) is 3.92. The van der Waals surface area contributed by atoms with Gasteiger partial charge in [-0.2, -0.15) is 0 Å². The zero-order valence-corrected chi connectivity index (χ0v) is 27.5. The van der Waals surface area contributed by atoms with Crippen LogP contribution in [0.5, 0.6) is 0 Å². The van der Waals surface area contributed by atoms with E-state index in [1.165, 1.54) is 59.9 Å². The first-order chi connectivity index (χ1) is 25.3. The third kappa shape index (κ3) is 4.03. The monoisotopic (exact) mass is 651 g/mol. The second kappa shape index (κ2) is 10.8. The van der Waals surface area contributed by atoms with Crippen LogP contribution >= 0.6 is 0 Å². The highest BCUT2D eigenvalue weighted by Gasteiger charge is 2.21. The Morgan fingerprint density at radius 3 is 1.45 bits per heavy atom. The van der Waals surface area contributed by atoms with E-state index >= 15 is 0 Å². The van der Waals surface area contributed by atoms with Gasteiger partial charge in [0, 0.05) is 49.4 Å². The number of hydrogen-bond donors (Lipinski definition) is 0. The van der Waals surface area contributed by atoms with Gasteiger partial charge in [-0.25, -0.2) is 0 Å². The topological polar surface area (TPSA) is 40.0 Å². The molecule has 7 aromatic carbocycles. The number of hydrogen-bond acceptors (Lipinski definition) is 2. The molecule has 0 radical (unpaired) electrons. The molecule has 0 fully saturated rings. The van der Waals surface area contributed by atoms with Gasteiger partial charge in [-0.1, -0.05) is 133 Å². The van der Waals surface area contributed by atoms with Crippen molar-refractivity contribution in [3.05, 3.63) is 176 Å². The molecule has 11 aromatic rings. The SMILES string of the molecule is c1ccc(-c2nnc(-c3ccccc3)n2-c2ccc(-n3c4ccccc4c4ccc5cc6c7ccccc7c7ccccc7n6c5c43)cc2)cc1. The Balaban J connectivity index is 1.20. The molecule has 0 bridgehead atoms. The molecular weight excluding hydrogens is 623 g/mol. The van der Waals surface area contributed by atoms with Gasteiger partial charge in [0.2, 0.25) is 0 Å². The summed E-state index contributed by atoms with van der Waals surface area (Å²) in [6.45, 7) is 0. The predicted molar refractivity (Wildman–Crippen MR) is 210 cm³/mol. The fourth-order valence-electron chi connectivity index (χ4n) is 8.12. The Bertz CT molecular complexity index is 3060. The highest BCUT2D eigenvalue weighted by molar-refractivity contribution is 6.22. The van der Waals surface area contributed by atoms with Crippen molar-refractivity contribution in [2.24, 2.45) is 0 Å². The van der Waals surface area contributed by atoms with Gasteiger partial charge in [0.05, 0.1) is 27.6 Å². The van der Waals surface area contributed by atoms with Gasteiger partial charge in [0.15, 0.2) is 11.6 Å². The van der Waals surface area contributed by atoms with Gasteiger partial charge in [0.1, 0.15) is 0 Å². The maximum absolute atomic E-state index is 4.70. The summed E-state index contributed by atoms with van der Waals surface area (Å²) in [6.07, 6.45) is 0. The van der Waals surface area contributed by atoms with Crippen LogP contribution in [0, 0.1) is 0 Å². The van der Waals surface area contributed by atoms with E-state index in [0.717, 1.165) is 34.2 Å². The summed E-state index contributed by atoms with van der Waals surface area (Å²) in [7, 11) is 0. The summed E-state index contributed by atoms with van der Waals surface area (Å²) in [4.78, 5) is 0.